The number of rotatable bonds is 4. The van der Waals surface area contributed by atoms with Crippen LogP contribution >= 0.6 is 23.2 Å². The molecule has 0 unspecified atom stereocenters. The molecule has 0 saturated carbocycles. The van der Waals surface area contributed by atoms with Gasteiger partial charge in [-0.3, -0.25) is 9.63 Å². The third-order valence-corrected chi connectivity index (χ3v) is 2.28. The van der Waals surface area contributed by atoms with Crippen LogP contribution in [0.3, 0.4) is 0 Å². The van der Waals surface area contributed by atoms with Gasteiger partial charge in [-0.05, 0) is 18.2 Å². The first-order valence-corrected chi connectivity index (χ1v) is 4.85. The van der Waals surface area contributed by atoms with Gasteiger partial charge in [-0.15, -0.1) is 0 Å². The molecule has 0 aliphatic rings. The minimum atomic E-state index is -1.19. The lowest BCUT2D eigenvalue weighted by Crippen LogP contribution is -2.26. The zero-order chi connectivity index (χ0) is 12.1. The summed E-state index contributed by atoms with van der Waals surface area (Å²) in [7, 11) is 0. The predicted molar refractivity (Wildman–Crippen MR) is 57.5 cm³/mol. The van der Waals surface area contributed by atoms with Crippen molar-refractivity contribution in [3.8, 4) is 0 Å². The smallest absolute Gasteiger partial charge is 0.332 e. The van der Waals surface area contributed by atoms with Crippen molar-refractivity contribution in [2.45, 2.75) is 0 Å². The zero-order valence-corrected chi connectivity index (χ0v) is 9.38. The topological polar surface area (TPSA) is 75.6 Å². The van der Waals surface area contributed by atoms with Crippen LogP contribution in [0.15, 0.2) is 18.2 Å². The summed E-state index contributed by atoms with van der Waals surface area (Å²) in [5, 5.41) is 8.82. The van der Waals surface area contributed by atoms with E-state index in [0.29, 0.717) is 5.02 Å². The Morgan fingerprint density at radius 1 is 1.31 bits per heavy atom. The summed E-state index contributed by atoms with van der Waals surface area (Å²) in [6, 6.07) is 4.24. The highest BCUT2D eigenvalue weighted by atomic mass is 35.5. The molecule has 7 heteroatoms. The summed E-state index contributed by atoms with van der Waals surface area (Å²) in [5.74, 6) is -1.78. The van der Waals surface area contributed by atoms with E-state index in [1.807, 2.05) is 5.48 Å². The molecule has 1 amide bonds. The zero-order valence-electron chi connectivity index (χ0n) is 7.87. The maximum Gasteiger partial charge on any atom is 0.332 e. The Balaban J connectivity index is 2.59. The molecule has 1 aromatic rings. The van der Waals surface area contributed by atoms with Gasteiger partial charge in [0.15, 0.2) is 6.61 Å². The largest absolute Gasteiger partial charge is 0.479 e. The van der Waals surface area contributed by atoms with Crippen LogP contribution in [0, 0.1) is 0 Å². The number of carboxylic acids is 1. The Hall–Kier alpha value is -1.30. The van der Waals surface area contributed by atoms with Gasteiger partial charge in [-0.1, -0.05) is 23.2 Å². The van der Waals surface area contributed by atoms with E-state index in [2.05, 4.69) is 4.84 Å². The van der Waals surface area contributed by atoms with Crippen molar-refractivity contribution in [3.63, 3.8) is 0 Å². The van der Waals surface area contributed by atoms with Crippen LogP contribution < -0.4 is 5.48 Å². The van der Waals surface area contributed by atoms with E-state index in [4.69, 9.17) is 28.3 Å². The summed E-state index contributed by atoms with van der Waals surface area (Å²) in [6.45, 7) is -0.618. The number of amides is 1. The second kappa shape index (κ2) is 5.69. The van der Waals surface area contributed by atoms with Gasteiger partial charge < -0.3 is 5.11 Å². The molecule has 5 nitrogen and oxygen atoms in total. The highest BCUT2D eigenvalue weighted by Crippen LogP contribution is 2.22. The van der Waals surface area contributed by atoms with Gasteiger partial charge >= 0.3 is 5.97 Å². The van der Waals surface area contributed by atoms with Gasteiger partial charge in [0, 0.05) is 5.56 Å². The predicted octanol–water partition coefficient (Wildman–Crippen LogP) is 1.74. The van der Waals surface area contributed by atoms with Gasteiger partial charge in [-0.2, -0.15) is 0 Å². The van der Waals surface area contributed by atoms with Gasteiger partial charge in [0.1, 0.15) is 0 Å². The van der Waals surface area contributed by atoms with Crippen molar-refractivity contribution in [1.29, 1.82) is 0 Å². The minimum Gasteiger partial charge on any atom is -0.479 e. The normalized spacial score (nSPS) is 9.88. The SMILES string of the molecule is O=C(O)CONC(=O)c1ccc(Cl)c(Cl)c1. The summed E-state index contributed by atoms with van der Waals surface area (Å²) in [6.07, 6.45) is 0. The lowest BCUT2D eigenvalue weighted by atomic mass is 10.2. The third kappa shape index (κ3) is 3.69. The Morgan fingerprint density at radius 2 is 2.00 bits per heavy atom. The molecule has 0 radical (unpaired) electrons. The number of hydrogen-bond acceptors (Lipinski definition) is 3. The highest BCUT2D eigenvalue weighted by Gasteiger charge is 2.08. The number of benzene rings is 1. The van der Waals surface area contributed by atoms with Crippen LogP contribution in [0.5, 0.6) is 0 Å². The van der Waals surface area contributed by atoms with Crippen molar-refractivity contribution in [2.75, 3.05) is 6.61 Å². The first-order valence-electron chi connectivity index (χ1n) is 4.09. The monoisotopic (exact) mass is 263 g/mol. The van der Waals surface area contributed by atoms with Gasteiger partial charge in [0.05, 0.1) is 10.0 Å². The molecule has 0 bridgehead atoms. The van der Waals surface area contributed by atoms with Crippen LogP contribution in [-0.2, 0) is 9.63 Å². The number of carbonyl (C=O) groups excluding carboxylic acids is 1. The van der Waals surface area contributed by atoms with E-state index >= 15 is 0 Å². The molecule has 0 spiro atoms. The van der Waals surface area contributed by atoms with Crippen LogP contribution in [0.25, 0.3) is 0 Å². The van der Waals surface area contributed by atoms with Crippen molar-refractivity contribution in [1.82, 2.24) is 5.48 Å². The van der Waals surface area contributed by atoms with Gasteiger partial charge in [-0.25, -0.2) is 10.3 Å². The maximum atomic E-state index is 11.4. The van der Waals surface area contributed by atoms with Crippen LogP contribution in [0.4, 0.5) is 0 Å². The molecule has 86 valence electrons. The van der Waals surface area contributed by atoms with E-state index < -0.39 is 18.5 Å². The summed E-state index contributed by atoms with van der Waals surface area (Å²) in [5.41, 5.74) is 2.18. The molecule has 0 atom stereocenters. The standard InChI is InChI=1S/C9H7Cl2NO4/c10-6-2-1-5(3-7(6)11)9(15)12-16-4-8(13)14/h1-3H,4H2,(H,12,15)(H,13,14). The van der Waals surface area contributed by atoms with E-state index in [9.17, 15) is 9.59 Å². The first kappa shape index (κ1) is 12.8. The number of hydroxylamine groups is 1. The van der Waals surface area contributed by atoms with E-state index in [1.54, 1.807) is 0 Å². The van der Waals surface area contributed by atoms with Crippen LogP contribution in [0.1, 0.15) is 10.4 Å². The number of carboxylic acid groups (broad SMARTS) is 1. The molecule has 16 heavy (non-hydrogen) atoms. The van der Waals surface area contributed by atoms with E-state index in [1.165, 1.54) is 18.2 Å². The molecule has 0 aliphatic carbocycles. The maximum absolute atomic E-state index is 11.4. The molecule has 2 N–H and O–H groups in total. The molecule has 0 aliphatic heterocycles. The number of halogens is 2. The molecule has 1 aromatic carbocycles. The summed E-state index contributed by atoms with van der Waals surface area (Å²) >= 11 is 11.4. The average Bonchev–Trinajstić information content (AvgIpc) is 2.21. The van der Waals surface area contributed by atoms with Crippen molar-refractivity contribution in [2.24, 2.45) is 0 Å². The molecule has 0 fully saturated rings. The summed E-state index contributed by atoms with van der Waals surface area (Å²) < 4.78 is 0. The molecular weight excluding hydrogens is 257 g/mol. The van der Waals surface area contributed by atoms with Crippen molar-refractivity contribution >= 4 is 35.1 Å². The molecule has 1 rings (SSSR count). The Labute approximate surface area is 101 Å². The highest BCUT2D eigenvalue weighted by molar-refractivity contribution is 6.42. The Bertz CT molecular complexity index is 422. The lowest BCUT2D eigenvalue weighted by molar-refractivity contribution is -0.144. The van der Waals surface area contributed by atoms with Gasteiger partial charge in [0.25, 0.3) is 5.91 Å². The first-order chi connectivity index (χ1) is 7.50. The fourth-order valence-corrected chi connectivity index (χ4v) is 1.16. The number of carbonyl (C=O) groups is 2. The fourth-order valence-electron chi connectivity index (χ4n) is 0.860. The van der Waals surface area contributed by atoms with E-state index in [-0.39, 0.29) is 10.6 Å². The molecular formula is C9H7Cl2NO4. The second-order valence-corrected chi connectivity index (χ2v) is 3.56. The van der Waals surface area contributed by atoms with Crippen LogP contribution in [0.2, 0.25) is 10.0 Å². The quantitative estimate of drug-likeness (QED) is 0.812. The number of hydrogen-bond donors (Lipinski definition) is 2. The second-order valence-electron chi connectivity index (χ2n) is 2.74. The number of aliphatic carboxylic acids is 1. The third-order valence-electron chi connectivity index (χ3n) is 1.54. The number of nitrogens with one attached hydrogen (secondary N) is 1. The Morgan fingerprint density at radius 3 is 2.56 bits per heavy atom. The Kier molecular flexibility index (Phi) is 4.54. The van der Waals surface area contributed by atoms with Crippen molar-refractivity contribution in [3.05, 3.63) is 33.8 Å². The van der Waals surface area contributed by atoms with Crippen LogP contribution in [-0.4, -0.2) is 23.6 Å². The fraction of sp³-hybridized carbons (Fsp3) is 0.111. The molecule has 0 saturated heterocycles. The van der Waals surface area contributed by atoms with Crippen molar-refractivity contribution < 1.29 is 19.5 Å². The van der Waals surface area contributed by atoms with Gasteiger partial charge in [0.2, 0.25) is 0 Å². The molecule has 0 aromatic heterocycles. The van der Waals surface area contributed by atoms with E-state index in [0.717, 1.165) is 0 Å². The minimum absolute atomic E-state index is 0.222. The molecule has 0 heterocycles. The average molecular weight is 264 g/mol. The summed E-state index contributed by atoms with van der Waals surface area (Å²) in [4.78, 5) is 25.9. The lowest BCUT2D eigenvalue weighted by Gasteiger charge is -2.04.